The number of aromatic hydroxyl groups is 1. The number of phenols is 1. The van der Waals surface area contributed by atoms with Crippen molar-refractivity contribution in [1.29, 1.82) is 0 Å². The van der Waals surface area contributed by atoms with Crippen LogP contribution in [0.5, 0.6) is 17.2 Å². The van der Waals surface area contributed by atoms with Gasteiger partial charge in [-0.15, -0.1) is 0 Å². The quantitative estimate of drug-likeness (QED) is 0.460. The molecule has 2 heterocycles. The monoisotopic (exact) mass is 469 g/mol. The number of aryl methyl sites for hydroxylation is 1. The van der Waals surface area contributed by atoms with Gasteiger partial charge in [-0.2, -0.15) is 0 Å². The van der Waals surface area contributed by atoms with Gasteiger partial charge in [-0.1, -0.05) is 37.1 Å². The maximum atomic E-state index is 13.5. The molecule has 184 valence electrons. The van der Waals surface area contributed by atoms with Crippen molar-refractivity contribution in [2.24, 2.45) is 5.92 Å². The van der Waals surface area contributed by atoms with Crippen LogP contribution in [-0.4, -0.2) is 55.9 Å². The average molecular weight is 470 g/mol. The smallest absolute Gasteiger partial charge is 0.242 e. The Bertz CT molecular complexity index is 1010. The Labute approximate surface area is 201 Å². The Morgan fingerprint density at radius 3 is 2.56 bits per heavy atom. The van der Waals surface area contributed by atoms with Gasteiger partial charge in [0.05, 0.1) is 32.4 Å². The van der Waals surface area contributed by atoms with Crippen LogP contribution in [0.4, 0.5) is 0 Å². The molecule has 2 aromatic carbocycles. The number of phenolic OH excluding ortho intramolecular Hbond substituents is 1. The van der Waals surface area contributed by atoms with Crippen LogP contribution in [0.2, 0.25) is 0 Å². The molecule has 2 aliphatic rings. The number of unbranched alkanes of at least 4 members (excludes halogenated alkanes) is 1. The van der Waals surface area contributed by atoms with Crippen LogP contribution in [0.25, 0.3) is 0 Å². The molecule has 4 atom stereocenters. The van der Waals surface area contributed by atoms with Crippen LogP contribution >= 0.6 is 0 Å². The van der Waals surface area contributed by atoms with E-state index in [2.05, 4.69) is 17.8 Å². The van der Waals surface area contributed by atoms with Crippen LogP contribution in [0.3, 0.4) is 0 Å². The fraction of sp³-hybridized carbons (Fsp3) is 0.500. The van der Waals surface area contributed by atoms with Crippen molar-refractivity contribution in [3.8, 4) is 17.2 Å². The summed E-state index contributed by atoms with van der Waals surface area (Å²) < 4.78 is 16.9. The molecule has 3 N–H and O–H groups in total. The maximum absolute atomic E-state index is 13.5. The van der Waals surface area contributed by atoms with Crippen molar-refractivity contribution in [3.63, 3.8) is 0 Å². The second-order valence-corrected chi connectivity index (χ2v) is 8.97. The molecule has 0 aliphatic carbocycles. The number of carbonyl (C=O) groups is 1. The minimum absolute atomic E-state index is 0.0106. The van der Waals surface area contributed by atoms with E-state index in [9.17, 15) is 9.90 Å². The van der Waals surface area contributed by atoms with Crippen molar-refractivity contribution in [2.75, 3.05) is 34.0 Å². The molecule has 2 aromatic rings. The van der Waals surface area contributed by atoms with E-state index in [0.29, 0.717) is 31.3 Å². The molecule has 0 saturated carbocycles. The third kappa shape index (κ3) is 4.58. The van der Waals surface area contributed by atoms with E-state index in [1.165, 1.54) is 0 Å². The van der Waals surface area contributed by atoms with Gasteiger partial charge in [0.1, 0.15) is 11.8 Å². The number of fused-ring (bicyclic) bond motifs is 1. The van der Waals surface area contributed by atoms with E-state index in [0.717, 1.165) is 29.5 Å². The summed E-state index contributed by atoms with van der Waals surface area (Å²) in [6.07, 6.45) is 2.02. The molecule has 2 saturated heterocycles. The Morgan fingerprint density at radius 2 is 1.82 bits per heavy atom. The first kappa shape index (κ1) is 24.3. The van der Waals surface area contributed by atoms with E-state index >= 15 is 0 Å². The average Bonchev–Trinajstić information content (AvgIpc) is 3.38. The molecule has 2 fully saturated rings. The Morgan fingerprint density at radius 1 is 1.03 bits per heavy atom. The van der Waals surface area contributed by atoms with Crippen LogP contribution < -0.4 is 20.3 Å². The summed E-state index contributed by atoms with van der Waals surface area (Å²) in [5.41, 5.74) is 9.25. The normalized spacial score (nSPS) is 23.9. The van der Waals surface area contributed by atoms with Crippen molar-refractivity contribution in [1.82, 2.24) is 15.8 Å². The van der Waals surface area contributed by atoms with Gasteiger partial charge in [-0.05, 0) is 37.1 Å². The molecule has 8 nitrogen and oxygen atoms in total. The number of likely N-dealkylation sites (tertiary alicyclic amines) is 1. The van der Waals surface area contributed by atoms with Gasteiger partial charge in [0.25, 0.3) is 0 Å². The number of ether oxygens (including phenoxy) is 3. The highest BCUT2D eigenvalue weighted by Gasteiger charge is 2.55. The highest BCUT2D eigenvalue weighted by Crippen LogP contribution is 2.49. The summed E-state index contributed by atoms with van der Waals surface area (Å²) in [5, 5.41) is 10.6. The summed E-state index contributed by atoms with van der Waals surface area (Å²) in [5.74, 6) is 1.42. The van der Waals surface area contributed by atoms with E-state index in [1.807, 2.05) is 42.2 Å². The Hall–Kier alpha value is -2.81. The number of benzene rings is 2. The highest BCUT2D eigenvalue weighted by atomic mass is 16.5. The van der Waals surface area contributed by atoms with Gasteiger partial charge in [-0.25, -0.2) is 10.9 Å². The Balaban J connectivity index is 1.73. The second kappa shape index (κ2) is 10.6. The van der Waals surface area contributed by atoms with Gasteiger partial charge >= 0.3 is 0 Å². The summed E-state index contributed by atoms with van der Waals surface area (Å²) >= 11 is 0. The predicted octanol–water partition coefficient (Wildman–Crippen LogP) is 3.25. The highest BCUT2D eigenvalue weighted by molar-refractivity contribution is 5.86. The van der Waals surface area contributed by atoms with Crippen LogP contribution in [0, 0.1) is 12.8 Å². The van der Waals surface area contributed by atoms with Crippen molar-refractivity contribution >= 4 is 5.91 Å². The van der Waals surface area contributed by atoms with E-state index in [1.54, 1.807) is 20.3 Å². The molecule has 0 spiro atoms. The first-order valence-corrected chi connectivity index (χ1v) is 11.9. The Kier molecular flexibility index (Phi) is 7.60. The third-order valence-corrected chi connectivity index (χ3v) is 6.75. The number of rotatable bonds is 10. The first-order valence-electron chi connectivity index (χ1n) is 11.9. The van der Waals surface area contributed by atoms with Gasteiger partial charge in [0.15, 0.2) is 11.5 Å². The zero-order valence-corrected chi connectivity index (χ0v) is 20.3. The van der Waals surface area contributed by atoms with E-state index < -0.39 is 6.04 Å². The number of hydrazine groups is 1. The van der Waals surface area contributed by atoms with Gasteiger partial charge in [-0.3, -0.25) is 4.79 Å². The number of amides is 1. The zero-order chi connectivity index (χ0) is 24.2. The van der Waals surface area contributed by atoms with Crippen LogP contribution in [0.15, 0.2) is 36.4 Å². The fourth-order valence-electron chi connectivity index (χ4n) is 5.04. The van der Waals surface area contributed by atoms with Gasteiger partial charge in [0.2, 0.25) is 5.91 Å². The zero-order valence-electron chi connectivity index (χ0n) is 20.3. The van der Waals surface area contributed by atoms with Crippen molar-refractivity contribution in [2.45, 2.75) is 44.8 Å². The maximum Gasteiger partial charge on any atom is 0.242 e. The minimum Gasteiger partial charge on any atom is -0.508 e. The second-order valence-electron chi connectivity index (χ2n) is 8.97. The lowest BCUT2D eigenvalue weighted by Gasteiger charge is -2.31. The third-order valence-electron chi connectivity index (χ3n) is 6.75. The molecular weight excluding hydrogens is 434 g/mol. The standard InChI is InChI=1S/C26H35N3O5/c1-5-6-12-34-20-10-8-17(15-21(20)33-4)25-22-23(18-14-16(2)7-9-19(18)30)27-28-24(22)26(31)29(25)11-13-32-3/h7-10,14-15,22-25,27-28,30H,5-6,11-13H2,1-4H3. The summed E-state index contributed by atoms with van der Waals surface area (Å²) in [4.78, 5) is 15.3. The minimum atomic E-state index is -0.418. The van der Waals surface area contributed by atoms with Crippen LogP contribution in [0.1, 0.15) is 48.5 Å². The molecule has 4 unspecified atom stereocenters. The molecule has 0 radical (unpaired) electrons. The SMILES string of the molecule is CCCCOc1ccc(C2C3C(NNC3c3cc(C)ccc3O)C(=O)N2CCOC)cc1OC. The number of nitrogens with zero attached hydrogens (tertiary/aromatic N) is 1. The number of hydrogen-bond donors (Lipinski definition) is 3. The molecular formula is C26H35N3O5. The lowest BCUT2D eigenvalue weighted by Crippen LogP contribution is -2.42. The topological polar surface area (TPSA) is 92.3 Å². The van der Waals surface area contributed by atoms with E-state index in [4.69, 9.17) is 14.2 Å². The van der Waals surface area contributed by atoms with Crippen molar-refractivity contribution < 1.29 is 24.1 Å². The van der Waals surface area contributed by atoms with Crippen LogP contribution in [-0.2, 0) is 9.53 Å². The summed E-state index contributed by atoms with van der Waals surface area (Å²) in [6, 6.07) is 10.5. The molecule has 8 heteroatoms. The summed E-state index contributed by atoms with van der Waals surface area (Å²) in [6.45, 7) is 5.65. The van der Waals surface area contributed by atoms with Crippen molar-refractivity contribution in [3.05, 3.63) is 53.1 Å². The van der Waals surface area contributed by atoms with Gasteiger partial charge in [0, 0.05) is 25.1 Å². The molecule has 34 heavy (non-hydrogen) atoms. The fourth-order valence-corrected chi connectivity index (χ4v) is 5.04. The lowest BCUT2D eigenvalue weighted by molar-refractivity contribution is -0.131. The number of nitrogens with one attached hydrogen (secondary N) is 2. The lowest BCUT2D eigenvalue weighted by atomic mass is 9.82. The molecule has 0 bridgehead atoms. The van der Waals surface area contributed by atoms with E-state index in [-0.39, 0.29) is 29.7 Å². The number of carbonyl (C=O) groups excluding carboxylic acids is 1. The molecule has 1 amide bonds. The molecule has 2 aliphatic heterocycles. The molecule has 0 aromatic heterocycles. The van der Waals surface area contributed by atoms with Gasteiger partial charge < -0.3 is 24.2 Å². The largest absolute Gasteiger partial charge is 0.508 e. The molecule has 4 rings (SSSR count). The predicted molar refractivity (Wildman–Crippen MR) is 129 cm³/mol. The number of hydrogen-bond acceptors (Lipinski definition) is 7. The summed E-state index contributed by atoms with van der Waals surface area (Å²) in [7, 11) is 3.26. The first-order chi connectivity index (χ1) is 16.5. The number of methoxy groups -OCH3 is 2.